The van der Waals surface area contributed by atoms with E-state index in [9.17, 15) is 23.1 Å². The molecule has 0 aliphatic rings. The molecule has 0 unspecified atom stereocenters. The minimum Gasteiger partial charge on any atom is -0.493 e. The fourth-order valence-electron chi connectivity index (χ4n) is 4.63. The summed E-state index contributed by atoms with van der Waals surface area (Å²) in [5.41, 5.74) is 2.41. The number of nitrogens with zero attached hydrogens (tertiary/aromatic N) is 2. The summed E-state index contributed by atoms with van der Waals surface area (Å²) in [6, 6.07) is 16.1. The van der Waals surface area contributed by atoms with Gasteiger partial charge in [-0.15, -0.1) is 0 Å². The number of aromatic nitrogens is 2. The summed E-state index contributed by atoms with van der Waals surface area (Å²) in [6.45, 7) is 3.84. The fraction of sp³-hybridized carbons (Fsp3) is 0.267. The van der Waals surface area contributed by atoms with Crippen molar-refractivity contribution >= 4 is 0 Å². The fourth-order valence-corrected chi connectivity index (χ4v) is 4.63. The van der Waals surface area contributed by atoms with Crippen LogP contribution in [0.15, 0.2) is 71.5 Å². The molecular formula is C30H29F3N2O2. The van der Waals surface area contributed by atoms with E-state index in [1.54, 1.807) is 12.1 Å². The topological polar surface area (TPSA) is 55.1 Å². The van der Waals surface area contributed by atoms with Gasteiger partial charge in [-0.25, -0.2) is 13.2 Å². The highest BCUT2D eigenvalue weighted by Crippen LogP contribution is 2.27. The van der Waals surface area contributed by atoms with E-state index in [0.717, 1.165) is 35.6 Å². The maximum Gasteiger partial charge on any atom is 0.261 e. The first-order chi connectivity index (χ1) is 17.8. The van der Waals surface area contributed by atoms with Crippen LogP contribution in [0.25, 0.3) is 11.1 Å². The smallest absolute Gasteiger partial charge is 0.261 e. The van der Waals surface area contributed by atoms with Crippen LogP contribution in [0, 0.1) is 17.5 Å². The molecule has 0 bridgehead atoms. The van der Waals surface area contributed by atoms with E-state index < -0.39 is 23.2 Å². The van der Waals surface area contributed by atoms with E-state index in [2.05, 4.69) is 4.98 Å². The van der Waals surface area contributed by atoms with Crippen molar-refractivity contribution < 1.29 is 18.3 Å². The second-order valence-corrected chi connectivity index (χ2v) is 9.12. The molecule has 0 aliphatic carbocycles. The molecule has 37 heavy (non-hydrogen) atoms. The Morgan fingerprint density at radius 2 is 1.59 bits per heavy atom. The number of rotatable bonds is 9. The first-order valence-electron chi connectivity index (χ1n) is 12.4. The second kappa shape index (κ2) is 11.5. The van der Waals surface area contributed by atoms with E-state index in [1.165, 1.54) is 28.8 Å². The van der Waals surface area contributed by atoms with Gasteiger partial charge in [0.25, 0.3) is 5.56 Å². The highest BCUT2D eigenvalue weighted by molar-refractivity contribution is 5.64. The van der Waals surface area contributed by atoms with Crippen LogP contribution in [0.2, 0.25) is 0 Å². The van der Waals surface area contributed by atoms with E-state index >= 15 is 0 Å². The lowest BCUT2D eigenvalue weighted by Gasteiger charge is -2.23. The van der Waals surface area contributed by atoms with Crippen LogP contribution in [0.3, 0.4) is 0 Å². The first-order valence-corrected chi connectivity index (χ1v) is 12.4. The van der Waals surface area contributed by atoms with Crippen LogP contribution in [-0.4, -0.2) is 14.7 Å². The second-order valence-electron chi connectivity index (χ2n) is 9.12. The van der Waals surface area contributed by atoms with Crippen LogP contribution in [-0.2, 0) is 12.8 Å². The van der Waals surface area contributed by atoms with E-state index in [1.807, 2.05) is 38.1 Å². The summed E-state index contributed by atoms with van der Waals surface area (Å²) in [5, 5.41) is 10.8. The lowest BCUT2D eigenvalue weighted by atomic mass is 9.99. The lowest BCUT2D eigenvalue weighted by Crippen LogP contribution is -2.32. The number of benzene rings is 3. The number of hydrogen-bond donors (Lipinski definition) is 1. The molecule has 0 spiro atoms. The molecule has 0 saturated heterocycles. The average molecular weight is 507 g/mol. The third-order valence-corrected chi connectivity index (χ3v) is 6.47. The maximum atomic E-state index is 14.1. The van der Waals surface area contributed by atoms with Gasteiger partial charge >= 0.3 is 0 Å². The van der Waals surface area contributed by atoms with Crippen LogP contribution in [0.4, 0.5) is 13.2 Å². The zero-order valence-electron chi connectivity index (χ0n) is 20.8. The van der Waals surface area contributed by atoms with Gasteiger partial charge < -0.3 is 5.11 Å². The normalized spacial score (nSPS) is 12.0. The summed E-state index contributed by atoms with van der Waals surface area (Å²) in [6.07, 6.45) is 2.52. The van der Waals surface area contributed by atoms with Gasteiger partial charge in [0.1, 0.15) is 23.3 Å². The van der Waals surface area contributed by atoms with Crippen molar-refractivity contribution in [3.05, 3.63) is 117 Å². The summed E-state index contributed by atoms with van der Waals surface area (Å²) >= 11 is 0. The van der Waals surface area contributed by atoms with Crippen LogP contribution in [0.5, 0.6) is 5.88 Å². The SMILES string of the molecule is CCCCc1nc(O)c(Cc2cccc(-c3ccc(F)cc3)c2)c(=O)n1[C@@H](CC)c1cc(F)cc(F)c1. The molecule has 4 rings (SSSR count). The van der Waals surface area contributed by atoms with Crippen molar-refractivity contribution in [1.82, 2.24) is 9.55 Å². The Morgan fingerprint density at radius 1 is 0.892 bits per heavy atom. The molecule has 0 aliphatic heterocycles. The first kappa shape index (κ1) is 26.2. The summed E-state index contributed by atoms with van der Waals surface area (Å²) in [4.78, 5) is 18.2. The average Bonchev–Trinajstić information content (AvgIpc) is 2.87. The molecule has 1 heterocycles. The molecule has 3 aromatic carbocycles. The van der Waals surface area contributed by atoms with Crippen molar-refractivity contribution in [2.45, 2.75) is 52.0 Å². The molecule has 7 heteroatoms. The molecule has 1 atom stereocenters. The largest absolute Gasteiger partial charge is 0.493 e. The summed E-state index contributed by atoms with van der Waals surface area (Å²) < 4.78 is 43.0. The van der Waals surface area contributed by atoms with Crippen molar-refractivity contribution in [2.24, 2.45) is 0 Å². The lowest BCUT2D eigenvalue weighted by molar-refractivity contribution is 0.419. The Labute approximate surface area is 214 Å². The van der Waals surface area contributed by atoms with Crippen molar-refractivity contribution in [2.75, 3.05) is 0 Å². The molecular weight excluding hydrogens is 477 g/mol. The van der Waals surface area contributed by atoms with E-state index in [-0.39, 0.29) is 23.7 Å². The highest BCUT2D eigenvalue weighted by atomic mass is 19.1. The molecule has 4 nitrogen and oxygen atoms in total. The Bertz CT molecular complexity index is 1430. The Hall–Kier alpha value is -3.87. The van der Waals surface area contributed by atoms with Crippen LogP contribution >= 0.6 is 0 Å². The molecule has 1 aromatic heterocycles. The minimum atomic E-state index is -0.721. The predicted molar refractivity (Wildman–Crippen MR) is 138 cm³/mol. The van der Waals surface area contributed by atoms with Crippen molar-refractivity contribution in [3.8, 4) is 17.0 Å². The Kier molecular flexibility index (Phi) is 8.11. The van der Waals surface area contributed by atoms with Gasteiger partial charge in [0.05, 0.1) is 11.6 Å². The zero-order chi connectivity index (χ0) is 26.5. The van der Waals surface area contributed by atoms with Crippen LogP contribution < -0.4 is 5.56 Å². The molecule has 1 N–H and O–H groups in total. The standard InChI is InChI=1S/C30H29F3N2O2/c1-3-5-9-28-34-29(36)26(15-19-7-6-8-21(14-19)20-10-12-23(31)13-11-20)30(37)35(28)27(4-2)22-16-24(32)18-25(33)17-22/h6-8,10-14,16-18,27,36H,3-5,9,15H2,1-2H3/t27-/m0/s1. The minimum absolute atomic E-state index is 0.104. The van der Waals surface area contributed by atoms with Gasteiger partial charge in [0.15, 0.2) is 0 Å². The van der Waals surface area contributed by atoms with Gasteiger partial charge in [0, 0.05) is 18.9 Å². The summed E-state index contributed by atoms with van der Waals surface area (Å²) in [7, 11) is 0. The molecule has 192 valence electrons. The monoisotopic (exact) mass is 506 g/mol. The van der Waals surface area contributed by atoms with E-state index in [4.69, 9.17) is 0 Å². The predicted octanol–water partition coefficient (Wildman–Crippen LogP) is 6.97. The number of aryl methyl sites for hydroxylation is 1. The number of hydrogen-bond acceptors (Lipinski definition) is 3. The molecule has 0 saturated carbocycles. The number of halogens is 3. The highest BCUT2D eigenvalue weighted by Gasteiger charge is 2.23. The molecule has 0 fully saturated rings. The van der Waals surface area contributed by atoms with Crippen molar-refractivity contribution in [1.29, 1.82) is 0 Å². The van der Waals surface area contributed by atoms with Gasteiger partial charge in [-0.2, -0.15) is 4.98 Å². The number of aromatic hydroxyl groups is 1. The maximum absolute atomic E-state index is 14.1. The van der Waals surface area contributed by atoms with Gasteiger partial charge in [-0.05, 0) is 59.4 Å². The Balaban J connectivity index is 1.80. The summed E-state index contributed by atoms with van der Waals surface area (Å²) in [5.74, 6) is -1.74. The Morgan fingerprint density at radius 3 is 2.24 bits per heavy atom. The number of unbranched alkanes of at least 4 members (excludes halogenated alkanes) is 1. The van der Waals surface area contributed by atoms with Crippen molar-refractivity contribution in [3.63, 3.8) is 0 Å². The molecule has 4 aromatic rings. The van der Waals surface area contributed by atoms with Gasteiger partial charge in [0.2, 0.25) is 5.88 Å². The van der Waals surface area contributed by atoms with Gasteiger partial charge in [-0.3, -0.25) is 9.36 Å². The third kappa shape index (κ3) is 5.93. The molecule has 0 radical (unpaired) electrons. The third-order valence-electron chi connectivity index (χ3n) is 6.47. The quantitative estimate of drug-likeness (QED) is 0.267. The zero-order valence-corrected chi connectivity index (χ0v) is 20.8. The van der Waals surface area contributed by atoms with Crippen LogP contribution in [0.1, 0.15) is 61.7 Å². The van der Waals surface area contributed by atoms with E-state index in [0.29, 0.717) is 24.2 Å². The van der Waals surface area contributed by atoms with Gasteiger partial charge in [-0.1, -0.05) is 56.7 Å². The molecule has 0 amide bonds.